The van der Waals surface area contributed by atoms with Gasteiger partial charge in [0.05, 0.1) is 32.5 Å². The zero-order valence-electron chi connectivity index (χ0n) is 41.3. The van der Waals surface area contributed by atoms with Gasteiger partial charge < -0.3 is 37.9 Å². The van der Waals surface area contributed by atoms with E-state index in [2.05, 4.69) is 10.6 Å². The van der Waals surface area contributed by atoms with Gasteiger partial charge in [0.15, 0.2) is 0 Å². The van der Waals surface area contributed by atoms with Gasteiger partial charge in [-0.05, 0) is 134 Å². The first kappa shape index (κ1) is 36.7. The van der Waals surface area contributed by atoms with Crippen LogP contribution in [0.2, 0.25) is 0 Å². The Balaban J connectivity index is 0.000000204. The van der Waals surface area contributed by atoms with Gasteiger partial charge >= 0.3 is 24.1 Å². The zero-order valence-corrected chi connectivity index (χ0v) is 35.3. The monoisotopic (exact) mass is 864 g/mol. The number of anilines is 2. The molecule has 8 rings (SSSR count). The first-order chi connectivity index (χ1) is 32.8. The van der Waals surface area contributed by atoms with Crippen LogP contribution in [0.25, 0.3) is 21.8 Å². The summed E-state index contributed by atoms with van der Waals surface area (Å²) in [7, 11) is 4.26. The molecule has 0 saturated heterocycles. The minimum Gasteiger partial charge on any atom is -0.496 e. The summed E-state index contributed by atoms with van der Waals surface area (Å²) in [6.45, 7) is -4.78. The van der Waals surface area contributed by atoms with Gasteiger partial charge in [-0.3, -0.25) is 10.6 Å². The smallest absolute Gasteiger partial charge is 0.411 e. The third-order valence-electron chi connectivity index (χ3n) is 11.4. The molecule has 330 valence electrons. The van der Waals surface area contributed by atoms with E-state index < -0.39 is 38.1 Å². The number of carbonyl (C=O) groups is 4. The van der Waals surface area contributed by atoms with Crippen LogP contribution in [-0.2, 0) is 41.0 Å². The SMILES string of the molecule is [2H]C([2H])([2H])n1cc(Cc2ccc(C(=O)O)cc2OC)c2cc(NC(=O)OC3CCCC3)ccc21.[2H]C([2H])([2H])n1cc(Cc2ccc(C(=O)OC)cc2OC)c2cc(NC(=O)OC3CCCC3)ccc21. The lowest BCUT2D eigenvalue weighted by Crippen LogP contribution is -2.20. The van der Waals surface area contributed by atoms with Gasteiger partial charge in [-0.25, -0.2) is 19.2 Å². The molecule has 4 aromatic carbocycles. The number of carbonyl (C=O) groups excluding carboxylic acids is 3. The summed E-state index contributed by atoms with van der Waals surface area (Å²) in [5, 5.41) is 16.1. The number of rotatable bonds is 12. The number of esters is 1. The molecule has 0 spiro atoms. The molecule has 0 aliphatic heterocycles. The van der Waals surface area contributed by atoms with Gasteiger partial charge in [-0.15, -0.1) is 0 Å². The largest absolute Gasteiger partial charge is 0.496 e. The number of hydrogen-bond donors (Lipinski definition) is 3. The van der Waals surface area contributed by atoms with E-state index in [9.17, 15) is 24.3 Å². The fourth-order valence-electron chi connectivity index (χ4n) is 8.21. The molecular weight excluding hydrogens is 805 g/mol. The van der Waals surface area contributed by atoms with Crippen molar-refractivity contribution >= 4 is 57.3 Å². The fraction of sp³-hybridized carbons (Fsp3) is 0.347. The van der Waals surface area contributed by atoms with Crippen molar-refractivity contribution in [2.24, 2.45) is 14.0 Å². The topological polar surface area (TPSA) is 169 Å². The summed E-state index contributed by atoms with van der Waals surface area (Å²) in [5.74, 6) is -0.667. The van der Waals surface area contributed by atoms with Crippen LogP contribution in [0.3, 0.4) is 0 Å². The molecule has 0 radical (unpaired) electrons. The van der Waals surface area contributed by atoms with Gasteiger partial charge in [0.2, 0.25) is 0 Å². The van der Waals surface area contributed by atoms with E-state index >= 15 is 0 Å². The Morgan fingerprint density at radius 1 is 0.619 bits per heavy atom. The maximum atomic E-state index is 12.4. The van der Waals surface area contributed by atoms with Crippen LogP contribution < -0.4 is 20.1 Å². The van der Waals surface area contributed by atoms with Crippen LogP contribution in [0, 0.1) is 0 Å². The molecule has 2 fully saturated rings. The predicted octanol–water partition coefficient (Wildman–Crippen LogP) is 10.0. The van der Waals surface area contributed by atoms with Crippen LogP contribution in [0.4, 0.5) is 21.0 Å². The minimum absolute atomic E-state index is 0.0636. The Labute approximate surface area is 374 Å². The highest BCUT2D eigenvalue weighted by Crippen LogP contribution is 2.32. The van der Waals surface area contributed by atoms with Crippen LogP contribution in [0.5, 0.6) is 11.5 Å². The Morgan fingerprint density at radius 3 is 1.48 bits per heavy atom. The predicted molar refractivity (Wildman–Crippen MR) is 240 cm³/mol. The van der Waals surface area contributed by atoms with E-state index in [4.69, 9.17) is 31.9 Å². The first-order valence-electron chi connectivity index (χ1n) is 23.7. The Morgan fingerprint density at radius 2 is 1.06 bits per heavy atom. The van der Waals surface area contributed by atoms with Gasteiger partial charge in [0, 0.05) is 80.6 Å². The van der Waals surface area contributed by atoms with E-state index in [1.165, 1.54) is 42.6 Å². The molecular formula is C49H54N4O10. The number of nitrogens with one attached hydrogen (secondary N) is 2. The maximum Gasteiger partial charge on any atom is 0.411 e. The average molecular weight is 865 g/mol. The number of amides is 2. The molecule has 2 heterocycles. The number of carboxylic acid groups (broad SMARTS) is 1. The van der Waals surface area contributed by atoms with Crippen molar-refractivity contribution in [1.29, 1.82) is 0 Å². The number of carboxylic acids is 1. The molecule has 63 heavy (non-hydrogen) atoms. The standard InChI is InChI=1S/C25H28N2O5.C24H26N2O5/c1-27-15-18(12-16-8-9-17(24(28)31-3)13-23(16)30-2)21-14-19(10-11-22(21)27)26-25(29)32-20-6-4-5-7-20;1-26-14-17(11-15-7-8-16(23(27)28)12-22(15)30-2)20-13-18(9-10-21(20)26)25-24(29)31-19-5-3-4-6-19/h8-11,13-15,20H,4-7,12H2,1-3H3,(H,26,29);7-10,12-14,19H,3-6,11H2,1-2H3,(H,25,29)(H,27,28)/i2*1D3. The van der Waals surface area contributed by atoms with Gasteiger partial charge in [-0.1, -0.05) is 12.1 Å². The molecule has 2 aromatic heterocycles. The number of aromatic nitrogens is 2. The average Bonchev–Trinajstić information content (AvgIpc) is 4.15. The van der Waals surface area contributed by atoms with Crippen LogP contribution in [0.1, 0.15) is 103 Å². The highest BCUT2D eigenvalue weighted by Gasteiger charge is 2.22. The molecule has 0 atom stereocenters. The molecule has 2 aliphatic carbocycles. The lowest BCUT2D eigenvalue weighted by Gasteiger charge is -2.12. The molecule has 0 bridgehead atoms. The molecule has 2 saturated carbocycles. The number of ether oxygens (including phenoxy) is 5. The summed E-state index contributed by atoms with van der Waals surface area (Å²) in [6.07, 6.45) is 10.3. The Kier molecular flexibility index (Phi) is 11.5. The highest BCUT2D eigenvalue weighted by molar-refractivity contribution is 5.94. The first-order valence-corrected chi connectivity index (χ1v) is 20.7. The number of aromatic carboxylic acids is 1. The number of aryl methyl sites for hydroxylation is 2. The fourth-order valence-corrected chi connectivity index (χ4v) is 8.21. The van der Waals surface area contributed by atoms with Crippen LogP contribution >= 0.6 is 0 Å². The second-order valence-corrected chi connectivity index (χ2v) is 15.6. The van der Waals surface area contributed by atoms with Crippen molar-refractivity contribution in [3.63, 3.8) is 0 Å². The van der Waals surface area contributed by atoms with Crippen molar-refractivity contribution in [3.8, 4) is 11.5 Å². The van der Waals surface area contributed by atoms with Crippen LogP contribution in [-0.4, -0.2) is 71.9 Å². The summed E-state index contributed by atoms with van der Waals surface area (Å²) in [6, 6.07) is 19.7. The molecule has 14 heteroatoms. The molecule has 14 nitrogen and oxygen atoms in total. The highest BCUT2D eigenvalue weighted by atomic mass is 16.6. The maximum absolute atomic E-state index is 12.4. The lowest BCUT2D eigenvalue weighted by atomic mass is 10.0. The summed E-state index contributed by atoms with van der Waals surface area (Å²) >= 11 is 0. The van der Waals surface area contributed by atoms with E-state index in [0.29, 0.717) is 74.2 Å². The molecule has 0 unspecified atom stereocenters. The van der Waals surface area contributed by atoms with E-state index in [-0.39, 0.29) is 17.8 Å². The van der Waals surface area contributed by atoms with Crippen molar-refractivity contribution in [2.45, 2.75) is 76.4 Å². The van der Waals surface area contributed by atoms with E-state index in [1.54, 1.807) is 73.1 Å². The second-order valence-electron chi connectivity index (χ2n) is 15.6. The third kappa shape index (κ3) is 10.6. The molecule has 6 aromatic rings. The van der Waals surface area contributed by atoms with Crippen molar-refractivity contribution in [1.82, 2.24) is 9.13 Å². The summed E-state index contributed by atoms with van der Waals surface area (Å²) in [4.78, 5) is 47.9. The summed E-state index contributed by atoms with van der Waals surface area (Å²) in [5.41, 5.74) is 5.35. The lowest BCUT2D eigenvalue weighted by molar-refractivity contribution is 0.0599. The quantitative estimate of drug-likeness (QED) is 0.0795. The van der Waals surface area contributed by atoms with Gasteiger partial charge in [0.25, 0.3) is 0 Å². The number of methoxy groups -OCH3 is 3. The van der Waals surface area contributed by atoms with E-state index in [1.807, 2.05) is 0 Å². The Hall–Kier alpha value is -6.96. The summed E-state index contributed by atoms with van der Waals surface area (Å²) < 4.78 is 76.6. The number of hydrogen-bond acceptors (Lipinski definition) is 9. The number of nitrogens with zero attached hydrogens (tertiary/aromatic N) is 2. The van der Waals surface area contributed by atoms with Crippen molar-refractivity contribution in [2.75, 3.05) is 32.0 Å². The van der Waals surface area contributed by atoms with E-state index in [0.717, 1.165) is 62.5 Å². The zero-order chi connectivity index (χ0) is 49.6. The minimum atomic E-state index is -2.40. The third-order valence-corrected chi connectivity index (χ3v) is 11.4. The number of fused-ring (bicyclic) bond motifs is 2. The van der Waals surface area contributed by atoms with Crippen molar-refractivity contribution in [3.05, 3.63) is 119 Å². The molecule has 2 amide bonds. The van der Waals surface area contributed by atoms with Gasteiger partial charge in [0.1, 0.15) is 23.7 Å². The van der Waals surface area contributed by atoms with Gasteiger partial charge in [-0.2, -0.15) is 0 Å². The normalized spacial score (nSPS) is 15.7. The molecule has 2 aliphatic rings. The molecule has 3 N–H and O–H groups in total. The van der Waals surface area contributed by atoms with Crippen LogP contribution in [0.15, 0.2) is 85.2 Å². The number of benzene rings is 4. The second kappa shape index (κ2) is 19.8. The van der Waals surface area contributed by atoms with Crippen molar-refractivity contribution < 1.29 is 56.2 Å². The Bertz CT molecular complexity index is 2860.